The number of imidazole rings is 2. The van der Waals surface area contributed by atoms with Crippen molar-refractivity contribution in [2.75, 3.05) is 13.1 Å². The van der Waals surface area contributed by atoms with Crippen molar-refractivity contribution in [1.82, 2.24) is 40.4 Å². The molecule has 2 saturated carbocycles. The fourth-order valence-electron chi connectivity index (χ4n) is 7.34. The molecule has 274 valence electrons. The van der Waals surface area contributed by atoms with Crippen molar-refractivity contribution in [3.8, 4) is 23.1 Å². The van der Waals surface area contributed by atoms with Crippen LogP contribution in [0.2, 0.25) is 0 Å². The van der Waals surface area contributed by atoms with Crippen LogP contribution in [0.1, 0.15) is 114 Å². The highest BCUT2D eigenvalue weighted by Gasteiger charge is 2.41. The van der Waals surface area contributed by atoms with Crippen molar-refractivity contribution in [3.05, 3.63) is 59.6 Å². The average Bonchev–Trinajstić information content (AvgIpc) is 3.90. The number of hydrogen-bond acceptors (Lipinski definition) is 6. The van der Waals surface area contributed by atoms with Gasteiger partial charge in [0.1, 0.15) is 29.4 Å². The standard InChI is InChI=1S/C40H50N8O4/c1-23(2)33(45-37(49)27-14-15-27)39(51)47-19-5-7-31(47)35-41-21-29(43-35)18-11-25-9-12-26(13-10-25)30-22-42-36(44-30)32-8-6-20-48(32)40(52)34(24(3)4)46-38(50)28-16-17-28/h9-10,12-13,21-24,27-28,31-34H,5-8,14-17,19-20H2,1-4H3,(H,41,43)(H,42,44)(H,45,49)(H,46,50)/t31-,32-,33+,34+/m0/s1. The number of carbonyl (C=O) groups excluding carboxylic acids is 4. The maximum atomic E-state index is 13.7. The third-order valence-electron chi connectivity index (χ3n) is 10.8. The van der Waals surface area contributed by atoms with E-state index in [1.54, 1.807) is 12.4 Å². The van der Waals surface area contributed by atoms with E-state index < -0.39 is 12.1 Å². The van der Waals surface area contributed by atoms with E-state index in [9.17, 15) is 19.2 Å². The van der Waals surface area contributed by atoms with E-state index in [1.165, 1.54) is 0 Å². The molecule has 1 aromatic carbocycles. The molecule has 0 unspecified atom stereocenters. The summed E-state index contributed by atoms with van der Waals surface area (Å²) >= 11 is 0. The predicted molar refractivity (Wildman–Crippen MR) is 195 cm³/mol. The van der Waals surface area contributed by atoms with E-state index in [-0.39, 0.29) is 59.4 Å². The predicted octanol–water partition coefficient (Wildman–Crippen LogP) is 4.63. The molecule has 2 aromatic heterocycles. The van der Waals surface area contributed by atoms with Gasteiger partial charge in [-0.15, -0.1) is 0 Å². The number of aromatic nitrogens is 4. The van der Waals surface area contributed by atoms with E-state index in [4.69, 9.17) is 0 Å². The molecule has 2 aliphatic heterocycles. The number of carbonyl (C=O) groups is 4. The Kier molecular flexibility index (Phi) is 10.2. The topological polar surface area (TPSA) is 156 Å². The molecule has 3 aromatic rings. The minimum absolute atomic E-state index is 0.00985. The summed E-state index contributed by atoms with van der Waals surface area (Å²) in [6.45, 7) is 9.16. The summed E-state index contributed by atoms with van der Waals surface area (Å²) in [7, 11) is 0. The van der Waals surface area contributed by atoms with Crippen molar-refractivity contribution in [3.63, 3.8) is 0 Å². The lowest BCUT2D eigenvalue weighted by Crippen LogP contribution is -2.51. The van der Waals surface area contributed by atoms with Gasteiger partial charge in [0, 0.05) is 30.5 Å². The van der Waals surface area contributed by atoms with Gasteiger partial charge in [0.05, 0.1) is 30.2 Å². The number of nitrogens with one attached hydrogen (secondary N) is 4. The van der Waals surface area contributed by atoms with E-state index in [0.29, 0.717) is 24.6 Å². The van der Waals surface area contributed by atoms with Crippen LogP contribution in [0.25, 0.3) is 11.3 Å². The first-order valence-corrected chi connectivity index (χ1v) is 19.0. The zero-order valence-corrected chi connectivity index (χ0v) is 30.6. The fraction of sp³-hybridized carbons (Fsp3) is 0.550. The molecule has 4 atom stereocenters. The molecule has 2 saturated heterocycles. The second-order valence-corrected chi connectivity index (χ2v) is 15.6. The Morgan fingerprint density at radius 2 is 1.19 bits per heavy atom. The van der Waals surface area contributed by atoms with Gasteiger partial charge in [-0.1, -0.05) is 45.7 Å². The highest BCUT2D eigenvalue weighted by atomic mass is 16.2. The molecule has 4 fully saturated rings. The lowest BCUT2D eigenvalue weighted by atomic mass is 10.0. The molecule has 52 heavy (non-hydrogen) atoms. The third kappa shape index (κ3) is 7.78. The van der Waals surface area contributed by atoms with Gasteiger partial charge in [-0.25, -0.2) is 9.97 Å². The van der Waals surface area contributed by atoms with Gasteiger partial charge in [0.15, 0.2) is 0 Å². The number of likely N-dealkylation sites (tertiary alicyclic amines) is 2. The molecule has 4 amide bonds. The van der Waals surface area contributed by atoms with Crippen LogP contribution < -0.4 is 10.6 Å². The quantitative estimate of drug-likeness (QED) is 0.213. The van der Waals surface area contributed by atoms with Crippen molar-refractivity contribution < 1.29 is 19.2 Å². The molecule has 4 N–H and O–H groups in total. The van der Waals surface area contributed by atoms with Crippen LogP contribution in [0.15, 0.2) is 36.7 Å². The second-order valence-electron chi connectivity index (χ2n) is 15.6. The first-order valence-electron chi connectivity index (χ1n) is 19.0. The number of aromatic amines is 2. The van der Waals surface area contributed by atoms with Crippen LogP contribution in [-0.2, 0) is 19.2 Å². The molecule has 2 aliphatic carbocycles. The largest absolute Gasteiger partial charge is 0.344 e. The lowest BCUT2D eigenvalue weighted by molar-refractivity contribution is -0.139. The number of benzene rings is 1. The molecule has 0 bridgehead atoms. The summed E-state index contributed by atoms with van der Waals surface area (Å²) in [5, 5.41) is 6.02. The number of rotatable bonds is 11. The van der Waals surface area contributed by atoms with Gasteiger partial charge in [0.2, 0.25) is 23.6 Å². The summed E-state index contributed by atoms with van der Waals surface area (Å²) in [6, 6.07) is 6.48. The Balaban J connectivity index is 0.979. The summed E-state index contributed by atoms with van der Waals surface area (Å²) in [6.07, 6.45) is 10.5. The van der Waals surface area contributed by atoms with E-state index in [0.717, 1.165) is 74.0 Å². The number of amides is 4. The van der Waals surface area contributed by atoms with Gasteiger partial charge < -0.3 is 30.4 Å². The normalized spacial score (nSPS) is 21.2. The molecular weight excluding hydrogens is 656 g/mol. The summed E-state index contributed by atoms with van der Waals surface area (Å²) < 4.78 is 0. The number of nitrogens with zero attached hydrogens (tertiary/aromatic N) is 4. The Morgan fingerprint density at radius 3 is 1.69 bits per heavy atom. The maximum absolute atomic E-state index is 13.7. The summed E-state index contributed by atoms with van der Waals surface area (Å²) in [4.78, 5) is 72.1. The monoisotopic (exact) mass is 706 g/mol. The molecule has 12 heteroatoms. The van der Waals surface area contributed by atoms with E-state index in [2.05, 4.69) is 42.4 Å². The van der Waals surface area contributed by atoms with Gasteiger partial charge in [-0.3, -0.25) is 19.2 Å². The van der Waals surface area contributed by atoms with Gasteiger partial charge in [-0.05, 0) is 86.8 Å². The molecule has 4 heterocycles. The van der Waals surface area contributed by atoms with Crippen LogP contribution in [-0.4, -0.2) is 78.5 Å². The van der Waals surface area contributed by atoms with Crippen LogP contribution in [0.5, 0.6) is 0 Å². The molecule has 12 nitrogen and oxygen atoms in total. The number of hydrogen-bond donors (Lipinski definition) is 4. The zero-order chi connectivity index (χ0) is 36.5. The molecule has 7 rings (SSSR count). The molecule has 0 spiro atoms. The highest BCUT2D eigenvalue weighted by molar-refractivity contribution is 5.90. The molecule has 4 aliphatic rings. The first-order chi connectivity index (χ1) is 25.1. The average molecular weight is 707 g/mol. The third-order valence-corrected chi connectivity index (χ3v) is 10.8. The van der Waals surface area contributed by atoms with Gasteiger partial charge in [0.25, 0.3) is 0 Å². The maximum Gasteiger partial charge on any atom is 0.246 e. The van der Waals surface area contributed by atoms with Crippen LogP contribution >= 0.6 is 0 Å². The summed E-state index contributed by atoms with van der Waals surface area (Å²) in [5.41, 5.74) is 3.32. The van der Waals surface area contributed by atoms with Crippen LogP contribution in [0, 0.1) is 35.5 Å². The minimum Gasteiger partial charge on any atom is -0.344 e. The van der Waals surface area contributed by atoms with Crippen molar-refractivity contribution in [2.24, 2.45) is 23.7 Å². The first kappa shape index (κ1) is 35.5. The van der Waals surface area contributed by atoms with Crippen LogP contribution in [0.3, 0.4) is 0 Å². The van der Waals surface area contributed by atoms with Gasteiger partial charge >= 0.3 is 0 Å². The van der Waals surface area contributed by atoms with Gasteiger partial charge in [-0.2, -0.15) is 0 Å². The van der Waals surface area contributed by atoms with Crippen LogP contribution in [0.4, 0.5) is 0 Å². The Bertz CT molecular complexity index is 1860. The fourth-order valence-corrected chi connectivity index (χ4v) is 7.34. The Hall–Kier alpha value is -4.92. The van der Waals surface area contributed by atoms with Crippen molar-refractivity contribution >= 4 is 23.6 Å². The summed E-state index contributed by atoms with van der Waals surface area (Å²) in [5.74, 6) is 7.80. The van der Waals surface area contributed by atoms with E-state index in [1.807, 2.05) is 61.8 Å². The smallest absolute Gasteiger partial charge is 0.246 e. The zero-order valence-electron chi connectivity index (χ0n) is 30.6. The number of H-pyrrole nitrogens is 2. The molecule has 0 radical (unpaired) electrons. The van der Waals surface area contributed by atoms with Crippen molar-refractivity contribution in [1.29, 1.82) is 0 Å². The second kappa shape index (κ2) is 15.0. The Morgan fingerprint density at radius 1 is 0.692 bits per heavy atom. The highest BCUT2D eigenvalue weighted by Crippen LogP contribution is 2.35. The van der Waals surface area contributed by atoms with E-state index >= 15 is 0 Å². The van der Waals surface area contributed by atoms with Crippen molar-refractivity contribution in [2.45, 2.75) is 103 Å². The minimum atomic E-state index is -0.546. The lowest BCUT2D eigenvalue weighted by Gasteiger charge is -2.30. The molecular formula is C40H50N8O4. The SMILES string of the molecule is CC(C)[C@@H](NC(=O)C1CC1)C(=O)N1CCC[C@H]1c1ncc(C#Cc2ccc(-c3cnc([C@@H]4CCCN4C(=O)[C@H](NC(=O)C4CC4)C(C)C)[nH]3)cc2)[nH]1. The Labute approximate surface area is 305 Å².